The number of carbonyl (C=O) groups excluding carboxylic acids is 4. The fraction of sp³-hybridized carbons (Fsp3) is 0.890. The Morgan fingerprint density at radius 1 is 0.337 bits per heavy atom. The van der Waals surface area contributed by atoms with Crippen LogP contribution in [0.1, 0.15) is 344 Å². The van der Waals surface area contributed by atoms with Crippen molar-refractivity contribution >= 4 is 39.5 Å². The lowest BCUT2D eigenvalue weighted by Gasteiger charge is -2.21. The number of hydrogen-bond acceptors (Lipinski definition) is 15. The number of hydrogen-bond donors (Lipinski definition) is 3. The van der Waals surface area contributed by atoms with Crippen molar-refractivity contribution in [2.24, 2.45) is 17.8 Å². The molecule has 92 heavy (non-hydrogen) atoms. The molecule has 0 aromatic heterocycles. The highest BCUT2D eigenvalue weighted by molar-refractivity contribution is 7.47. The van der Waals surface area contributed by atoms with Gasteiger partial charge in [-0.25, -0.2) is 9.13 Å². The monoisotopic (exact) mass is 1350 g/mol. The van der Waals surface area contributed by atoms with E-state index in [4.69, 9.17) is 37.0 Å². The maximum Gasteiger partial charge on any atom is 0.472 e. The minimum absolute atomic E-state index is 0.0838. The molecule has 19 heteroatoms. The number of carbonyl (C=O) groups is 4. The Morgan fingerprint density at radius 3 is 0.880 bits per heavy atom. The molecule has 3 unspecified atom stereocenters. The van der Waals surface area contributed by atoms with Crippen LogP contribution in [0.4, 0.5) is 0 Å². The Balaban J connectivity index is 5.29. The van der Waals surface area contributed by atoms with Crippen LogP contribution >= 0.6 is 15.6 Å². The topological polar surface area (TPSA) is 237 Å². The largest absolute Gasteiger partial charge is 0.472 e. The van der Waals surface area contributed by atoms with Crippen molar-refractivity contribution in [2.45, 2.75) is 362 Å². The molecule has 0 aliphatic rings. The molecule has 0 saturated carbocycles. The van der Waals surface area contributed by atoms with Crippen LogP contribution in [0.2, 0.25) is 0 Å². The van der Waals surface area contributed by atoms with E-state index in [-0.39, 0.29) is 25.7 Å². The van der Waals surface area contributed by atoms with Gasteiger partial charge in [0.25, 0.3) is 0 Å². The lowest BCUT2D eigenvalue weighted by Crippen LogP contribution is -2.30. The summed E-state index contributed by atoms with van der Waals surface area (Å²) in [7, 11) is -9.92. The molecule has 0 spiro atoms. The number of ether oxygens (including phenoxy) is 4. The molecule has 0 fully saturated rings. The van der Waals surface area contributed by atoms with Gasteiger partial charge < -0.3 is 33.8 Å². The van der Waals surface area contributed by atoms with Gasteiger partial charge in [0, 0.05) is 25.7 Å². The number of phosphoric ester groups is 2. The minimum atomic E-state index is -4.96. The highest BCUT2D eigenvalue weighted by Crippen LogP contribution is 2.45. The summed E-state index contributed by atoms with van der Waals surface area (Å²) >= 11 is 0. The molecule has 0 heterocycles. The summed E-state index contributed by atoms with van der Waals surface area (Å²) in [5.74, 6) is 0.0690. The summed E-state index contributed by atoms with van der Waals surface area (Å²) in [5.41, 5.74) is 0. The molecule has 0 rings (SSSR count). The van der Waals surface area contributed by atoms with Crippen molar-refractivity contribution in [1.82, 2.24) is 0 Å². The van der Waals surface area contributed by atoms with Crippen LogP contribution in [0, 0.1) is 17.8 Å². The molecule has 0 bridgehead atoms. The van der Waals surface area contributed by atoms with Crippen LogP contribution < -0.4 is 0 Å². The predicted octanol–water partition coefficient (Wildman–Crippen LogP) is 20.6. The number of unbranched alkanes of at least 4 members (excludes halogenated alkanes) is 34. The summed E-state index contributed by atoms with van der Waals surface area (Å²) in [6, 6.07) is 0. The summed E-state index contributed by atoms with van der Waals surface area (Å²) in [6.45, 7) is 11.7. The van der Waals surface area contributed by atoms with Crippen molar-refractivity contribution in [2.75, 3.05) is 39.6 Å². The number of aliphatic hydroxyl groups excluding tert-OH is 1. The van der Waals surface area contributed by atoms with Gasteiger partial charge >= 0.3 is 39.5 Å². The first-order valence-corrected chi connectivity index (χ1v) is 40.2. The summed E-state index contributed by atoms with van der Waals surface area (Å²) in [5, 5.41) is 10.6. The molecule has 5 atom stereocenters. The van der Waals surface area contributed by atoms with E-state index in [2.05, 4.69) is 72.8 Å². The Morgan fingerprint density at radius 2 is 0.587 bits per heavy atom. The van der Waals surface area contributed by atoms with Gasteiger partial charge in [0.05, 0.1) is 26.4 Å². The van der Waals surface area contributed by atoms with E-state index < -0.39 is 97.5 Å². The third-order valence-corrected chi connectivity index (χ3v) is 18.2. The van der Waals surface area contributed by atoms with Gasteiger partial charge in [-0.2, -0.15) is 0 Å². The number of aliphatic hydroxyl groups is 1. The summed E-state index contributed by atoms with van der Waals surface area (Å²) in [6.07, 6.45) is 50.8. The second-order valence-electron chi connectivity index (χ2n) is 27.1. The zero-order valence-electron chi connectivity index (χ0n) is 59.5. The van der Waals surface area contributed by atoms with Crippen LogP contribution in [0.25, 0.3) is 0 Å². The molecule has 0 radical (unpaired) electrons. The molecule has 542 valence electrons. The fourth-order valence-electron chi connectivity index (χ4n) is 10.5. The second-order valence-corrected chi connectivity index (χ2v) is 30.0. The van der Waals surface area contributed by atoms with Gasteiger partial charge in [0.15, 0.2) is 12.2 Å². The molecule has 0 aromatic rings. The van der Waals surface area contributed by atoms with Crippen molar-refractivity contribution in [3.63, 3.8) is 0 Å². The normalized spacial score (nSPS) is 14.3. The third kappa shape index (κ3) is 66.2. The first-order valence-electron chi connectivity index (χ1n) is 37.2. The van der Waals surface area contributed by atoms with E-state index in [0.717, 1.165) is 121 Å². The Bertz CT molecular complexity index is 1890. The average Bonchev–Trinajstić information content (AvgIpc) is 2.10. The van der Waals surface area contributed by atoms with E-state index in [0.29, 0.717) is 31.6 Å². The predicted molar refractivity (Wildman–Crippen MR) is 372 cm³/mol. The number of esters is 4. The Kier molecular flexibility index (Phi) is 61.6. The highest BCUT2D eigenvalue weighted by Gasteiger charge is 2.30. The molecule has 0 aliphatic heterocycles. The number of rotatable bonds is 69. The van der Waals surface area contributed by atoms with Crippen molar-refractivity contribution in [3.05, 3.63) is 24.3 Å². The van der Waals surface area contributed by atoms with Crippen LogP contribution in [-0.4, -0.2) is 96.7 Å². The van der Waals surface area contributed by atoms with Crippen molar-refractivity contribution < 1.29 is 80.2 Å². The summed E-state index contributed by atoms with van der Waals surface area (Å²) < 4.78 is 68.3. The van der Waals surface area contributed by atoms with E-state index in [9.17, 15) is 43.2 Å². The third-order valence-electron chi connectivity index (χ3n) is 16.3. The zero-order chi connectivity index (χ0) is 68.0. The van der Waals surface area contributed by atoms with Crippen molar-refractivity contribution in [3.8, 4) is 0 Å². The van der Waals surface area contributed by atoms with E-state index in [1.807, 2.05) is 0 Å². The molecule has 0 saturated heterocycles. The fourth-order valence-corrected chi connectivity index (χ4v) is 12.1. The average molecular weight is 1350 g/mol. The Labute approximate surface area is 561 Å². The summed E-state index contributed by atoms with van der Waals surface area (Å²) in [4.78, 5) is 72.6. The van der Waals surface area contributed by atoms with Gasteiger partial charge in [-0.3, -0.25) is 37.3 Å². The maximum absolute atomic E-state index is 13.0. The van der Waals surface area contributed by atoms with E-state index in [1.54, 1.807) is 0 Å². The zero-order valence-corrected chi connectivity index (χ0v) is 61.3. The smallest absolute Gasteiger partial charge is 0.462 e. The van der Waals surface area contributed by atoms with Crippen LogP contribution in [0.5, 0.6) is 0 Å². The quantitative estimate of drug-likeness (QED) is 0.0169. The van der Waals surface area contributed by atoms with Gasteiger partial charge in [-0.1, -0.05) is 291 Å². The highest BCUT2D eigenvalue weighted by atomic mass is 31.2. The lowest BCUT2D eigenvalue weighted by molar-refractivity contribution is -0.161. The SMILES string of the molecule is CCCCCC/C=C\C=C/CCCCCCCC(=O)O[C@H](COC(=O)CCCCCCCCCC(C)C)COP(=O)(O)OCC(O)COP(=O)(O)OC[C@@H](COC(=O)CCCCCCCCCCCCC(C)C)OC(=O)CCCCCCCCCCCCCC(C)C. The second kappa shape index (κ2) is 63.3. The standard InChI is InChI=1S/C73H138O17P2/c1-8-9-10-11-12-13-14-15-16-17-20-27-34-42-49-56-72(77)90-69(61-84-71(76)55-48-41-36-29-32-39-46-53-66(6)7)63-88-92(81,82)86-59-67(74)58-85-91(79,80)87-62-68(60-83-70(75)54-47-40-33-26-23-22-25-31-38-45-52-65(4)5)89-73(78)57-50-43-35-28-21-18-19-24-30-37-44-51-64(2)3/h13-16,64-69,74H,8-12,17-63H2,1-7H3,(H,79,80)(H,81,82)/b14-13-,16-15-/t67?,68-,69-/m1/s1. The molecule has 17 nitrogen and oxygen atoms in total. The first-order chi connectivity index (χ1) is 44.2. The number of allylic oxidation sites excluding steroid dienone is 4. The molecular formula is C73H138O17P2. The Hall–Kier alpha value is -2.46. The van der Waals surface area contributed by atoms with E-state index >= 15 is 0 Å². The van der Waals surface area contributed by atoms with Crippen LogP contribution in [0.15, 0.2) is 24.3 Å². The van der Waals surface area contributed by atoms with Crippen LogP contribution in [0.3, 0.4) is 0 Å². The molecular weight excluding hydrogens is 1210 g/mol. The van der Waals surface area contributed by atoms with Crippen LogP contribution in [-0.2, 0) is 65.4 Å². The lowest BCUT2D eigenvalue weighted by atomic mass is 10.0. The minimum Gasteiger partial charge on any atom is -0.462 e. The molecule has 0 aromatic carbocycles. The molecule has 0 amide bonds. The van der Waals surface area contributed by atoms with Gasteiger partial charge in [-0.15, -0.1) is 0 Å². The van der Waals surface area contributed by atoms with Gasteiger partial charge in [0.1, 0.15) is 19.3 Å². The van der Waals surface area contributed by atoms with Gasteiger partial charge in [0.2, 0.25) is 0 Å². The van der Waals surface area contributed by atoms with E-state index in [1.165, 1.54) is 135 Å². The molecule has 3 N–H and O–H groups in total. The first kappa shape index (κ1) is 89.5. The number of phosphoric acid groups is 2. The molecule has 0 aliphatic carbocycles. The van der Waals surface area contributed by atoms with Crippen molar-refractivity contribution in [1.29, 1.82) is 0 Å². The van der Waals surface area contributed by atoms with Gasteiger partial charge in [-0.05, 0) is 69.1 Å². The maximum atomic E-state index is 13.0.